The number of nitrogens with zero attached hydrogens (tertiary/aromatic N) is 2. The summed E-state index contributed by atoms with van der Waals surface area (Å²) in [7, 11) is 0. The van der Waals surface area contributed by atoms with Gasteiger partial charge < -0.3 is 10.6 Å². The lowest BCUT2D eigenvalue weighted by Crippen LogP contribution is -2.43. The Morgan fingerprint density at radius 1 is 1.28 bits per heavy atom. The van der Waals surface area contributed by atoms with E-state index in [2.05, 4.69) is 53.8 Å². The summed E-state index contributed by atoms with van der Waals surface area (Å²) in [5, 5.41) is 10.00. The van der Waals surface area contributed by atoms with Crippen LogP contribution in [0.3, 0.4) is 0 Å². The van der Waals surface area contributed by atoms with E-state index in [9.17, 15) is 0 Å². The second-order valence-electron chi connectivity index (χ2n) is 6.46. The van der Waals surface area contributed by atoms with Crippen LogP contribution in [0.15, 0.2) is 40.7 Å². The van der Waals surface area contributed by atoms with E-state index in [0.717, 1.165) is 29.8 Å². The van der Waals surface area contributed by atoms with Crippen LogP contribution in [-0.2, 0) is 6.54 Å². The topological polar surface area (TPSA) is 49.3 Å². The fourth-order valence-corrected chi connectivity index (χ4v) is 4.90. The highest BCUT2D eigenvalue weighted by Crippen LogP contribution is 2.36. The molecule has 1 atom stereocenters. The minimum atomic E-state index is 0.331. The molecule has 2 aromatic rings. The number of guanidine groups is 1. The molecule has 1 aliphatic heterocycles. The summed E-state index contributed by atoms with van der Waals surface area (Å²) in [5.74, 6) is 2.15. The number of aliphatic imine (C=N–C) groups is 1. The number of thioether (sulfide) groups is 1. The molecular formula is C19H26N4S2. The smallest absolute Gasteiger partial charge is 0.191 e. The van der Waals surface area contributed by atoms with E-state index in [0.29, 0.717) is 11.3 Å². The first kappa shape index (κ1) is 18.3. The first-order valence-electron chi connectivity index (χ1n) is 8.84. The Morgan fingerprint density at radius 3 is 2.84 bits per heavy atom. The fourth-order valence-electron chi connectivity index (χ4n) is 2.84. The quantitative estimate of drug-likeness (QED) is 0.589. The van der Waals surface area contributed by atoms with Crippen molar-refractivity contribution in [3.8, 4) is 10.6 Å². The highest BCUT2D eigenvalue weighted by atomic mass is 32.2. The Bertz CT molecular complexity index is 690. The largest absolute Gasteiger partial charge is 0.357 e. The molecule has 1 aromatic heterocycles. The van der Waals surface area contributed by atoms with Crippen molar-refractivity contribution >= 4 is 29.1 Å². The van der Waals surface area contributed by atoms with E-state index in [-0.39, 0.29) is 0 Å². The van der Waals surface area contributed by atoms with E-state index < -0.39 is 0 Å². The summed E-state index contributed by atoms with van der Waals surface area (Å²) < 4.78 is 0.331. The average Bonchev–Trinajstić information content (AvgIpc) is 3.28. The molecule has 2 heterocycles. The van der Waals surface area contributed by atoms with Crippen LogP contribution in [0, 0.1) is 0 Å². The van der Waals surface area contributed by atoms with Crippen molar-refractivity contribution in [3.63, 3.8) is 0 Å². The van der Waals surface area contributed by atoms with Crippen LogP contribution >= 0.6 is 23.1 Å². The van der Waals surface area contributed by atoms with Crippen LogP contribution in [0.25, 0.3) is 10.6 Å². The van der Waals surface area contributed by atoms with Gasteiger partial charge in [0.2, 0.25) is 0 Å². The molecule has 6 heteroatoms. The lowest BCUT2D eigenvalue weighted by molar-refractivity contribution is 0.584. The zero-order valence-corrected chi connectivity index (χ0v) is 16.6. The standard InChI is InChI=1S/C19H26N4S2/c1-3-20-18(22-14-19(2)10-7-11-25-19)21-12-16-13-24-17(23-16)15-8-5-4-6-9-15/h4-6,8-9,13H,3,7,10-12,14H2,1-2H3,(H2,20,21,22). The van der Waals surface area contributed by atoms with Crippen LogP contribution < -0.4 is 10.6 Å². The third-order valence-corrected chi connectivity index (χ3v) is 6.72. The van der Waals surface area contributed by atoms with Gasteiger partial charge in [0.25, 0.3) is 0 Å². The molecule has 1 fully saturated rings. The molecule has 3 rings (SSSR count). The van der Waals surface area contributed by atoms with Crippen molar-refractivity contribution in [1.82, 2.24) is 15.6 Å². The Labute approximate surface area is 158 Å². The molecule has 0 saturated carbocycles. The maximum absolute atomic E-state index is 4.72. The summed E-state index contributed by atoms with van der Waals surface area (Å²) in [5.41, 5.74) is 2.18. The van der Waals surface area contributed by atoms with Gasteiger partial charge in [-0.3, -0.25) is 0 Å². The second kappa shape index (κ2) is 8.72. The maximum atomic E-state index is 4.72. The number of hydrogen-bond acceptors (Lipinski definition) is 4. The highest BCUT2D eigenvalue weighted by Gasteiger charge is 2.29. The molecule has 1 unspecified atom stereocenters. The Morgan fingerprint density at radius 2 is 2.12 bits per heavy atom. The minimum Gasteiger partial charge on any atom is -0.357 e. The van der Waals surface area contributed by atoms with Crippen LogP contribution in [0.4, 0.5) is 0 Å². The maximum Gasteiger partial charge on any atom is 0.191 e. The molecular weight excluding hydrogens is 348 g/mol. The number of benzene rings is 1. The van der Waals surface area contributed by atoms with Crippen LogP contribution in [0.1, 0.15) is 32.4 Å². The molecule has 2 N–H and O–H groups in total. The molecule has 0 amide bonds. The molecule has 0 radical (unpaired) electrons. The fraction of sp³-hybridized carbons (Fsp3) is 0.474. The summed E-state index contributed by atoms with van der Waals surface area (Å²) in [6.07, 6.45) is 2.59. The molecule has 1 aliphatic rings. The third kappa shape index (κ3) is 5.22. The van der Waals surface area contributed by atoms with E-state index in [1.807, 2.05) is 18.2 Å². The van der Waals surface area contributed by atoms with Crippen molar-refractivity contribution in [2.45, 2.75) is 38.0 Å². The Kier molecular flexibility index (Phi) is 6.37. The number of hydrogen-bond donors (Lipinski definition) is 2. The van der Waals surface area contributed by atoms with Gasteiger partial charge in [0.1, 0.15) is 5.01 Å². The van der Waals surface area contributed by atoms with Gasteiger partial charge in [-0.2, -0.15) is 11.8 Å². The minimum absolute atomic E-state index is 0.331. The molecule has 134 valence electrons. The zero-order chi connectivity index (χ0) is 17.5. The van der Waals surface area contributed by atoms with Crippen molar-refractivity contribution in [1.29, 1.82) is 0 Å². The molecule has 0 aliphatic carbocycles. The Balaban J connectivity index is 1.60. The summed E-state index contributed by atoms with van der Waals surface area (Å²) in [6, 6.07) is 10.3. The van der Waals surface area contributed by atoms with E-state index in [1.165, 1.54) is 24.2 Å². The van der Waals surface area contributed by atoms with Gasteiger partial charge in [-0.05, 0) is 32.4 Å². The van der Waals surface area contributed by atoms with Gasteiger partial charge >= 0.3 is 0 Å². The predicted molar refractivity (Wildman–Crippen MR) is 110 cm³/mol. The van der Waals surface area contributed by atoms with Gasteiger partial charge in [0.05, 0.1) is 12.2 Å². The number of aromatic nitrogens is 1. The third-order valence-electron chi connectivity index (χ3n) is 4.25. The van der Waals surface area contributed by atoms with Crippen LogP contribution in [0.5, 0.6) is 0 Å². The first-order chi connectivity index (χ1) is 12.2. The molecule has 1 aromatic carbocycles. The van der Waals surface area contributed by atoms with Crippen molar-refractivity contribution in [3.05, 3.63) is 41.4 Å². The lowest BCUT2D eigenvalue weighted by Gasteiger charge is -2.24. The van der Waals surface area contributed by atoms with Gasteiger partial charge in [0.15, 0.2) is 5.96 Å². The zero-order valence-electron chi connectivity index (χ0n) is 14.9. The Hall–Kier alpha value is -1.53. The van der Waals surface area contributed by atoms with Crippen molar-refractivity contribution in [2.24, 2.45) is 4.99 Å². The highest BCUT2D eigenvalue weighted by molar-refractivity contribution is 8.00. The van der Waals surface area contributed by atoms with Gasteiger partial charge in [-0.25, -0.2) is 9.98 Å². The number of nitrogens with one attached hydrogen (secondary N) is 2. The SMILES string of the molecule is CCNC(=NCc1csc(-c2ccccc2)n1)NCC1(C)CCCS1. The lowest BCUT2D eigenvalue weighted by atomic mass is 10.1. The van der Waals surface area contributed by atoms with Crippen molar-refractivity contribution < 1.29 is 0 Å². The predicted octanol–water partition coefficient (Wildman–Crippen LogP) is 4.15. The van der Waals surface area contributed by atoms with E-state index in [4.69, 9.17) is 9.98 Å². The number of rotatable bonds is 6. The van der Waals surface area contributed by atoms with Gasteiger partial charge in [0, 0.05) is 28.8 Å². The molecule has 4 nitrogen and oxygen atoms in total. The molecule has 0 spiro atoms. The van der Waals surface area contributed by atoms with Crippen LogP contribution in [0.2, 0.25) is 0 Å². The normalized spacial score (nSPS) is 20.6. The van der Waals surface area contributed by atoms with Crippen molar-refractivity contribution in [2.75, 3.05) is 18.8 Å². The first-order valence-corrected chi connectivity index (χ1v) is 10.7. The molecule has 1 saturated heterocycles. The van der Waals surface area contributed by atoms with E-state index in [1.54, 1.807) is 11.3 Å². The number of thiazole rings is 1. The summed E-state index contributed by atoms with van der Waals surface area (Å²) >= 11 is 3.74. The monoisotopic (exact) mass is 374 g/mol. The van der Waals surface area contributed by atoms with Crippen LogP contribution in [-0.4, -0.2) is 34.5 Å². The van der Waals surface area contributed by atoms with E-state index >= 15 is 0 Å². The average molecular weight is 375 g/mol. The molecule has 0 bridgehead atoms. The summed E-state index contributed by atoms with van der Waals surface area (Å²) in [6.45, 7) is 6.85. The van der Waals surface area contributed by atoms with Gasteiger partial charge in [-0.15, -0.1) is 11.3 Å². The second-order valence-corrected chi connectivity index (χ2v) is 9.00. The molecule has 25 heavy (non-hydrogen) atoms. The van der Waals surface area contributed by atoms with Gasteiger partial charge in [-0.1, -0.05) is 30.3 Å². The summed E-state index contributed by atoms with van der Waals surface area (Å²) in [4.78, 5) is 9.43.